The Bertz CT molecular complexity index is 342. The fourth-order valence-corrected chi connectivity index (χ4v) is 1.19. The van der Waals surface area contributed by atoms with Crippen molar-refractivity contribution >= 4 is 5.97 Å². The number of ether oxygens (including phenoxy) is 2. The second-order valence-electron chi connectivity index (χ2n) is 3.42. The summed E-state index contributed by atoms with van der Waals surface area (Å²) in [6.45, 7) is 3.02. The molecule has 3 nitrogen and oxygen atoms in total. The van der Waals surface area contributed by atoms with Crippen molar-refractivity contribution in [1.29, 1.82) is 0 Å². The van der Waals surface area contributed by atoms with Gasteiger partial charge in [0.2, 0.25) is 0 Å². The van der Waals surface area contributed by atoms with Crippen molar-refractivity contribution in [3.63, 3.8) is 0 Å². The number of rotatable bonds is 3. The zero-order valence-corrected chi connectivity index (χ0v) is 8.03. The van der Waals surface area contributed by atoms with Gasteiger partial charge in [0, 0.05) is 0 Å². The van der Waals surface area contributed by atoms with Crippen molar-refractivity contribution in [3.8, 4) is 0 Å². The van der Waals surface area contributed by atoms with E-state index in [1.807, 2.05) is 25.1 Å². The predicted octanol–water partition coefficient (Wildman–Crippen LogP) is 1.55. The van der Waals surface area contributed by atoms with Crippen LogP contribution in [-0.2, 0) is 9.47 Å². The summed E-state index contributed by atoms with van der Waals surface area (Å²) < 4.78 is 9.98. The third kappa shape index (κ3) is 2.33. The van der Waals surface area contributed by atoms with Crippen molar-refractivity contribution < 1.29 is 14.3 Å². The molecule has 1 aliphatic rings. The van der Waals surface area contributed by atoms with Gasteiger partial charge < -0.3 is 9.47 Å². The van der Waals surface area contributed by atoms with Crippen LogP contribution in [0.4, 0.5) is 0 Å². The largest absolute Gasteiger partial charge is 0.459 e. The van der Waals surface area contributed by atoms with Gasteiger partial charge in [0.1, 0.15) is 12.7 Å². The number of hydrogen-bond donors (Lipinski definition) is 0. The van der Waals surface area contributed by atoms with Crippen molar-refractivity contribution in [2.24, 2.45) is 0 Å². The molecule has 0 aromatic heterocycles. The van der Waals surface area contributed by atoms with Gasteiger partial charge in [-0.3, -0.25) is 0 Å². The van der Waals surface area contributed by atoms with E-state index < -0.39 is 0 Å². The number of esters is 1. The Morgan fingerprint density at radius 1 is 1.64 bits per heavy atom. The van der Waals surface area contributed by atoms with Crippen LogP contribution in [0.2, 0.25) is 0 Å². The average molecular weight is 192 g/mol. The molecule has 1 saturated heterocycles. The monoisotopic (exact) mass is 192 g/mol. The van der Waals surface area contributed by atoms with Gasteiger partial charge in [-0.25, -0.2) is 4.79 Å². The predicted molar refractivity (Wildman–Crippen MR) is 51.2 cm³/mol. The molecular weight excluding hydrogens is 180 g/mol. The lowest BCUT2D eigenvalue weighted by Gasteiger charge is -2.02. The molecule has 3 heteroatoms. The van der Waals surface area contributed by atoms with Crippen molar-refractivity contribution in [1.82, 2.24) is 0 Å². The van der Waals surface area contributed by atoms with Crippen molar-refractivity contribution in [3.05, 3.63) is 35.4 Å². The number of benzene rings is 1. The lowest BCUT2D eigenvalue weighted by Crippen LogP contribution is -2.09. The highest BCUT2D eigenvalue weighted by molar-refractivity contribution is 5.89. The molecule has 0 N–H and O–H groups in total. The number of hydrogen-bond acceptors (Lipinski definition) is 3. The number of carbonyl (C=O) groups excluding carboxylic acids is 1. The zero-order chi connectivity index (χ0) is 9.97. The minimum atomic E-state index is -0.274. The van der Waals surface area contributed by atoms with Crippen molar-refractivity contribution in [2.75, 3.05) is 13.2 Å². The molecule has 0 bridgehead atoms. The lowest BCUT2D eigenvalue weighted by molar-refractivity contribution is 0.0476. The molecular formula is C11H12O3. The van der Waals surface area contributed by atoms with Gasteiger partial charge in [0.25, 0.3) is 0 Å². The highest BCUT2D eigenvalue weighted by Crippen LogP contribution is 2.11. The maximum atomic E-state index is 11.5. The van der Waals surface area contributed by atoms with E-state index in [0.717, 1.165) is 5.56 Å². The van der Waals surface area contributed by atoms with E-state index in [1.165, 1.54) is 0 Å². The Kier molecular flexibility index (Phi) is 2.50. The summed E-state index contributed by atoms with van der Waals surface area (Å²) in [5.74, 6) is -0.274. The normalized spacial score (nSPS) is 19.1. The molecule has 0 amide bonds. The maximum Gasteiger partial charge on any atom is 0.338 e. The standard InChI is InChI=1S/C11H12O3/c1-8-3-2-4-9(5-8)11(12)14-7-10-6-13-10/h2-5,10H,6-7H2,1H3. The summed E-state index contributed by atoms with van der Waals surface area (Å²) >= 11 is 0. The van der Waals surface area contributed by atoms with E-state index in [2.05, 4.69) is 0 Å². The molecule has 74 valence electrons. The first-order valence-electron chi connectivity index (χ1n) is 4.61. The quantitative estimate of drug-likeness (QED) is 0.538. The third-order valence-corrected chi connectivity index (χ3v) is 2.06. The van der Waals surface area contributed by atoms with Crippen LogP contribution in [0.1, 0.15) is 15.9 Å². The van der Waals surface area contributed by atoms with Gasteiger partial charge in [0.05, 0.1) is 12.2 Å². The van der Waals surface area contributed by atoms with Crippen LogP contribution in [0.25, 0.3) is 0 Å². The molecule has 0 saturated carbocycles. The molecule has 0 spiro atoms. The van der Waals surface area contributed by atoms with Crippen LogP contribution in [0.5, 0.6) is 0 Å². The van der Waals surface area contributed by atoms with Gasteiger partial charge in [-0.2, -0.15) is 0 Å². The smallest absolute Gasteiger partial charge is 0.338 e. The molecule has 1 unspecified atom stereocenters. The van der Waals surface area contributed by atoms with Crippen molar-refractivity contribution in [2.45, 2.75) is 13.0 Å². The number of epoxide rings is 1. The third-order valence-electron chi connectivity index (χ3n) is 2.06. The summed E-state index contributed by atoms with van der Waals surface area (Å²) in [6.07, 6.45) is 0.128. The van der Waals surface area contributed by atoms with Crippen LogP contribution < -0.4 is 0 Å². The van der Waals surface area contributed by atoms with Gasteiger partial charge in [0.15, 0.2) is 0 Å². The first-order chi connectivity index (χ1) is 6.75. The molecule has 1 aromatic carbocycles. The Labute approximate surface area is 82.6 Å². The van der Waals surface area contributed by atoms with Gasteiger partial charge >= 0.3 is 5.97 Å². The number of aryl methyl sites for hydroxylation is 1. The highest BCUT2D eigenvalue weighted by atomic mass is 16.6. The van der Waals surface area contributed by atoms with E-state index in [-0.39, 0.29) is 12.1 Å². The van der Waals surface area contributed by atoms with E-state index in [0.29, 0.717) is 18.8 Å². The van der Waals surface area contributed by atoms with Gasteiger partial charge in [-0.1, -0.05) is 17.7 Å². The molecule has 2 rings (SSSR count). The van der Waals surface area contributed by atoms with Crippen LogP contribution in [0.15, 0.2) is 24.3 Å². The average Bonchev–Trinajstić information content (AvgIpc) is 2.97. The van der Waals surface area contributed by atoms with E-state index >= 15 is 0 Å². The molecule has 1 heterocycles. The zero-order valence-electron chi connectivity index (χ0n) is 8.03. The Morgan fingerprint density at radius 3 is 3.07 bits per heavy atom. The fraction of sp³-hybridized carbons (Fsp3) is 0.364. The molecule has 0 aliphatic carbocycles. The van der Waals surface area contributed by atoms with Crippen LogP contribution in [0.3, 0.4) is 0 Å². The Balaban J connectivity index is 1.95. The minimum absolute atomic E-state index is 0.128. The molecule has 1 fully saturated rings. The molecule has 14 heavy (non-hydrogen) atoms. The molecule has 1 atom stereocenters. The van der Waals surface area contributed by atoms with Gasteiger partial charge in [-0.15, -0.1) is 0 Å². The van der Waals surface area contributed by atoms with Crippen LogP contribution in [-0.4, -0.2) is 25.3 Å². The summed E-state index contributed by atoms with van der Waals surface area (Å²) in [5, 5.41) is 0. The summed E-state index contributed by atoms with van der Waals surface area (Å²) in [5.41, 5.74) is 1.66. The van der Waals surface area contributed by atoms with E-state index in [9.17, 15) is 4.79 Å². The topological polar surface area (TPSA) is 38.8 Å². The SMILES string of the molecule is Cc1cccc(C(=O)OCC2CO2)c1. The summed E-state index contributed by atoms with van der Waals surface area (Å²) in [6, 6.07) is 7.36. The van der Waals surface area contributed by atoms with E-state index in [4.69, 9.17) is 9.47 Å². The molecule has 1 aliphatic heterocycles. The van der Waals surface area contributed by atoms with E-state index in [1.54, 1.807) is 6.07 Å². The number of carbonyl (C=O) groups is 1. The Morgan fingerprint density at radius 2 is 2.43 bits per heavy atom. The van der Waals surface area contributed by atoms with Crippen LogP contribution in [0, 0.1) is 6.92 Å². The Hall–Kier alpha value is -1.35. The highest BCUT2D eigenvalue weighted by Gasteiger charge is 2.24. The van der Waals surface area contributed by atoms with Crippen LogP contribution >= 0.6 is 0 Å². The van der Waals surface area contributed by atoms with Gasteiger partial charge in [-0.05, 0) is 19.1 Å². The second kappa shape index (κ2) is 3.80. The second-order valence-corrected chi connectivity index (χ2v) is 3.42. The fourth-order valence-electron chi connectivity index (χ4n) is 1.19. The maximum absolute atomic E-state index is 11.5. The lowest BCUT2D eigenvalue weighted by atomic mass is 10.1. The summed E-state index contributed by atoms with van der Waals surface area (Å²) in [7, 11) is 0. The molecule has 0 radical (unpaired) electrons. The molecule has 1 aromatic rings. The first-order valence-corrected chi connectivity index (χ1v) is 4.61. The summed E-state index contributed by atoms with van der Waals surface area (Å²) in [4.78, 5) is 11.5. The minimum Gasteiger partial charge on any atom is -0.459 e. The first kappa shape index (κ1) is 9.21.